The highest BCUT2D eigenvalue weighted by atomic mass is 35.5. The molecule has 1 heterocycles. The largest absolute Gasteiger partial charge is 0.485 e. The molecule has 2 aromatic carbocycles. The van der Waals surface area contributed by atoms with Crippen molar-refractivity contribution in [1.29, 1.82) is 0 Å². The third-order valence-electron chi connectivity index (χ3n) is 4.70. The Kier molecular flexibility index (Phi) is 7.82. The maximum Gasteiger partial charge on any atom is 0.351 e. The standard InChI is InChI=1S/C22H23Cl2NO5/c1-2-5-14(16-9-8-15(23)10-17(16)24)11-25-21(26)13-29-22(27)20-12-28-18-6-3-4-7-19(18)30-20/h3-4,6-10,14,20H,2,5,11-13H2,1H3,(H,25,26)/t14-,20-/m0/s1. The van der Waals surface area contributed by atoms with Gasteiger partial charge in [-0.1, -0.05) is 54.7 Å². The van der Waals surface area contributed by atoms with Crippen molar-refractivity contribution < 1.29 is 23.8 Å². The molecule has 0 radical (unpaired) electrons. The van der Waals surface area contributed by atoms with E-state index in [2.05, 4.69) is 12.2 Å². The van der Waals surface area contributed by atoms with Gasteiger partial charge in [-0.05, 0) is 36.2 Å². The van der Waals surface area contributed by atoms with Crippen LogP contribution >= 0.6 is 23.2 Å². The van der Waals surface area contributed by atoms with Gasteiger partial charge in [0, 0.05) is 22.5 Å². The molecule has 0 aromatic heterocycles. The number of halogens is 2. The summed E-state index contributed by atoms with van der Waals surface area (Å²) in [6.45, 7) is 2.07. The quantitative estimate of drug-likeness (QED) is 0.602. The second-order valence-corrected chi connectivity index (χ2v) is 7.77. The lowest BCUT2D eigenvalue weighted by atomic mass is 9.94. The van der Waals surface area contributed by atoms with E-state index in [1.54, 1.807) is 30.3 Å². The molecule has 1 N–H and O–H groups in total. The second kappa shape index (κ2) is 10.5. The molecular weight excluding hydrogens is 429 g/mol. The van der Waals surface area contributed by atoms with Crippen molar-refractivity contribution in [3.63, 3.8) is 0 Å². The summed E-state index contributed by atoms with van der Waals surface area (Å²) in [6.07, 6.45) is 0.858. The molecule has 3 rings (SSSR count). The van der Waals surface area contributed by atoms with Crippen molar-refractivity contribution in [3.8, 4) is 11.5 Å². The monoisotopic (exact) mass is 451 g/mol. The maximum atomic E-state index is 12.2. The minimum atomic E-state index is -0.909. The second-order valence-electron chi connectivity index (χ2n) is 6.93. The summed E-state index contributed by atoms with van der Waals surface area (Å²) in [7, 11) is 0. The fraction of sp³-hybridized carbons (Fsp3) is 0.364. The molecule has 30 heavy (non-hydrogen) atoms. The number of fused-ring (bicyclic) bond motifs is 1. The lowest BCUT2D eigenvalue weighted by Gasteiger charge is -2.25. The molecule has 2 atom stereocenters. The van der Waals surface area contributed by atoms with E-state index in [0.717, 1.165) is 18.4 Å². The molecule has 0 bridgehead atoms. The van der Waals surface area contributed by atoms with Crippen molar-refractivity contribution in [2.45, 2.75) is 31.8 Å². The third kappa shape index (κ3) is 5.80. The van der Waals surface area contributed by atoms with E-state index in [1.165, 1.54) is 0 Å². The molecule has 2 aromatic rings. The average molecular weight is 452 g/mol. The Hall–Kier alpha value is -2.44. The van der Waals surface area contributed by atoms with Gasteiger partial charge in [-0.15, -0.1) is 0 Å². The molecular formula is C22H23Cl2NO5. The molecule has 6 nitrogen and oxygen atoms in total. The number of esters is 1. The minimum Gasteiger partial charge on any atom is -0.485 e. The predicted octanol–water partition coefficient (Wildman–Crippen LogP) is 4.38. The minimum absolute atomic E-state index is 0.0328. The van der Waals surface area contributed by atoms with Gasteiger partial charge in [0.15, 0.2) is 18.1 Å². The Morgan fingerprint density at radius 3 is 2.70 bits per heavy atom. The van der Waals surface area contributed by atoms with Crippen molar-refractivity contribution in [3.05, 3.63) is 58.1 Å². The Morgan fingerprint density at radius 1 is 1.20 bits per heavy atom. The van der Waals surface area contributed by atoms with Crippen LogP contribution in [0.5, 0.6) is 11.5 Å². The zero-order chi connectivity index (χ0) is 21.5. The van der Waals surface area contributed by atoms with Gasteiger partial charge in [0.05, 0.1) is 0 Å². The van der Waals surface area contributed by atoms with Crippen LogP contribution in [0.15, 0.2) is 42.5 Å². The number of carbonyl (C=O) groups excluding carboxylic acids is 2. The van der Waals surface area contributed by atoms with E-state index >= 15 is 0 Å². The molecule has 0 unspecified atom stereocenters. The van der Waals surface area contributed by atoms with E-state index in [-0.39, 0.29) is 12.5 Å². The number of carbonyl (C=O) groups is 2. The molecule has 0 saturated carbocycles. The summed E-state index contributed by atoms with van der Waals surface area (Å²) in [5, 5.41) is 3.93. The first-order chi connectivity index (χ1) is 14.5. The van der Waals surface area contributed by atoms with E-state index in [1.807, 2.05) is 12.1 Å². The molecule has 1 aliphatic rings. The average Bonchev–Trinajstić information content (AvgIpc) is 2.75. The topological polar surface area (TPSA) is 73.9 Å². The Bertz CT molecular complexity index is 905. The molecule has 1 aliphatic heterocycles. The molecule has 0 aliphatic carbocycles. The number of hydrogen-bond donors (Lipinski definition) is 1. The van der Waals surface area contributed by atoms with Crippen LogP contribution in [-0.4, -0.2) is 37.7 Å². The van der Waals surface area contributed by atoms with Crippen molar-refractivity contribution in [2.75, 3.05) is 19.8 Å². The van der Waals surface area contributed by atoms with Crippen molar-refractivity contribution in [1.82, 2.24) is 5.32 Å². The van der Waals surface area contributed by atoms with Gasteiger partial charge >= 0.3 is 5.97 Å². The van der Waals surface area contributed by atoms with Gasteiger partial charge in [0.25, 0.3) is 5.91 Å². The summed E-state index contributed by atoms with van der Waals surface area (Å²) in [6, 6.07) is 12.4. The summed E-state index contributed by atoms with van der Waals surface area (Å²) < 4.78 is 16.2. The van der Waals surface area contributed by atoms with Crippen molar-refractivity contribution >= 4 is 35.1 Å². The number of para-hydroxylation sites is 2. The van der Waals surface area contributed by atoms with E-state index in [9.17, 15) is 9.59 Å². The van der Waals surface area contributed by atoms with E-state index in [0.29, 0.717) is 28.1 Å². The molecule has 0 saturated heterocycles. The lowest BCUT2D eigenvalue weighted by molar-refractivity contribution is -0.157. The molecule has 8 heteroatoms. The lowest BCUT2D eigenvalue weighted by Crippen LogP contribution is -2.40. The normalized spacial score (nSPS) is 15.9. The van der Waals surface area contributed by atoms with Crippen LogP contribution in [0, 0.1) is 0 Å². The highest BCUT2D eigenvalue weighted by molar-refractivity contribution is 6.35. The first-order valence-corrected chi connectivity index (χ1v) is 10.5. The number of benzene rings is 2. The zero-order valence-corrected chi connectivity index (χ0v) is 18.0. The van der Waals surface area contributed by atoms with Crippen LogP contribution < -0.4 is 14.8 Å². The molecule has 160 valence electrons. The maximum absolute atomic E-state index is 12.2. The summed E-state index contributed by atoms with van der Waals surface area (Å²) >= 11 is 12.3. The van der Waals surface area contributed by atoms with Gasteiger partial charge in [-0.25, -0.2) is 4.79 Å². The highest BCUT2D eigenvalue weighted by Crippen LogP contribution is 2.31. The molecule has 1 amide bonds. The first kappa shape index (κ1) is 22.2. The van der Waals surface area contributed by atoms with E-state index < -0.39 is 24.6 Å². The van der Waals surface area contributed by atoms with Crippen LogP contribution in [0.1, 0.15) is 31.2 Å². The van der Waals surface area contributed by atoms with Gasteiger partial charge < -0.3 is 19.5 Å². The molecule has 0 spiro atoms. The predicted molar refractivity (Wildman–Crippen MR) is 114 cm³/mol. The highest BCUT2D eigenvalue weighted by Gasteiger charge is 2.29. The van der Waals surface area contributed by atoms with Gasteiger partial charge in [0.2, 0.25) is 6.10 Å². The SMILES string of the molecule is CCC[C@@H](CNC(=O)COC(=O)[C@@H]1COc2ccccc2O1)c1ccc(Cl)cc1Cl. The number of rotatable bonds is 8. The third-order valence-corrected chi connectivity index (χ3v) is 5.26. The fourth-order valence-corrected chi connectivity index (χ4v) is 3.76. The number of hydrogen-bond acceptors (Lipinski definition) is 5. The van der Waals surface area contributed by atoms with Crippen LogP contribution in [0.2, 0.25) is 10.0 Å². The van der Waals surface area contributed by atoms with Crippen LogP contribution in [0.3, 0.4) is 0 Å². The summed E-state index contributed by atoms with van der Waals surface area (Å²) in [4.78, 5) is 24.4. The summed E-state index contributed by atoms with van der Waals surface area (Å²) in [5.41, 5.74) is 0.923. The number of ether oxygens (including phenoxy) is 3. The fourth-order valence-electron chi connectivity index (χ4n) is 3.20. The zero-order valence-electron chi connectivity index (χ0n) is 16.5. The van der Waals surface area contributed by atoms with Gasteiger partial charge in [0.1, 0.15) is 6.61 Å². The van der Waals surface area contributed by atoms with Crippen LogP contribution in [-0.2, 0) is 14.3 Å². The smallest absolute Gasteiger partial charge is 0.351 e. The van der Waals surface area contributed by atoms with Crippen molar-refractivity contribution in [2.24, 2.45) is 0 Å². The summed E-state index contributed by atoms with van der Waals surface area (Å²) in [5.74, 6) is 0.0303. The first-order valence-electron chi connectivity index (χ1n) is 9.74. The molecule has 0 fully saturated rings. The Labute approximate surface area is 185 Å². The van der Waals surface area contributed by atoms with Crippen LogP contribution in [0.4, 0.5) is 0 Å². The van der Waals surface area contributed by atoms with Crippen LogP contribution in [0.25, 0.3) is 0 Å². The number of amides is 1. The van der Waals surface area contributed by atoms with E-state index in [4.69, 9.17) is 37.4 Å². The van der Waals surface area contributed by atoms with Gasteiger partial charge in [-0.3, -0.25) is 4.79 Å². The Morgan fingerprint density at radius 2 is 1.97 bits per heavy atom. The van der Waals surface area contributed by atoms with Gasteiger partial charge in [-0.2, -0.15) is 0 Å². The Balaban J connectivity index is 1.48. The number of nitrogens with one attached hydrogen (secondary N) is 1.